The van der Waals surface area contributed by atoms with Gasteiger partial charge in [0.15, 0.2) is 0 Å². The van der Waals surface area contributed by atoms with Crippen molar-refractivity contribution in [2.24, 2.45) is 0 Å². The SMILES string of the molecule is CNC(=O)[C@@H]1COC2(CN(C(=O)Cc3csc4ccccc34)C2)CN1C. The van der Waals surface area contributed by atoms with E-state index in [2.05, 4.69) is 22.8 Å². The lowest BCUT2D eigenvalue weighted by molar-refractivity contribution is -0.200. The largest absolute Gasteiger partial charge is 0.368 e. The van der Waals surface area contributed by atoms with Crippen LogP contribution in [0, 0.1) is 0 Å². The summed E-state index contributed by atoms with van der Waals surface area (Å²) in [6, 6.07) is 7.93. The molecule has 0 bridgehead atoms. The molecule has 2 saturated heterocycles. The van der Waals surface area contributed by atoms with Crippen molar-refractivity contribution >= 4 is 33.2 Å². The molecule has 0 unspecified atom stereocenters. The average molecular weight is 373 g/mol. The fraction of sp³-hybridized carbons (Fsp3) is 0.474. The van der Waals surface area contributed by atoms with Crippen LogP contribution in [0.15, 0.2) is 29.6 Å². The van der Waals surface area contributed by atoms with Crippen LogP contribution in [0.2, 0.25) is 0 Å². The molecule has 6 nitrogen and oxygen atoms in total. The van der Waals surface area contributed by atoms with E-state index < -0.39 is 0 Å². The first-order chi connectivity index (χ1) is 12.5. The highest BCUT2D eigenvalue weighted by atomic mass is 32.1. The highest BCUT2D eigenvalue weighted by molar-refractivity contribution is 7.17. The minimum atomic E-state index is -0.328. The van der Waals surface area contributed by atoms with E-state index in [0.717, 1.165) is 5.56 Å². The van der Waals surface area contributed by atoms with E-state index in [0.29, 0.717) is 32.7 Å². The quantitative estimate of drug-likeness (QED) is 0.875. The van der Waals surface area contributed by atoms with Crippen molar-refractivity contribution < 1.29 is 14.3 Å². The maximum atomic E-state index is 12.7. The van der Waals surface area contributed by atoms with Gasteiger partial charge >= 0.3 is 0 Å². The van der Waals surface area contributed by atoms with Crippen LogP contribution in [0.5, 0.6) is 0 Å². The molecule has 0 saturated carbocycles. The van der Waals surface area contributed by atoms with Gasteiger partial charge in [0, 0.05) is 18.3 Å². The Morgan fingerprint density at radius 2 is 2.08 bits per heavy atom. The number of benzene rings is 1. The summed E-state index contributed by atoms with van der Waals surface area (Å²) < 4.78 is 7.21. The molecule has 7 heteroatoms. The van der Waals surface area contributed by atoms with E-state index in [9.17, 15) is 9.59 Å². The maximum Gasteiger partial charge on any atom is 0.239 e. The van der Waals surface area contributed by atoms with Gasteiger partial charge in [0.25, 0.3) is 0 Å². The van der Waals surface area contributed by atoms with E-state index in [1.54, 1.807) is 18.4 Å². The number of nitrogens with one attached hydrogen (secondary N) is 1. The molecule has 1 atom stereocenters. The number of likely N-dealkylation sites (N-methyl/N-ethyl adjacent to an activating group) is 2. The first kappa shape index (κ1) is 17.5. The molecule has 2 aliphatic rings. The average Bonchev–Trinajstić information content (AvgIpc) is 3.02. The number of nitrogens with zero attached hydrogens (tertiary/aromatic N) is 2. The van der Waals surface area contributed by atoms with Gasteiger partial charge in [-0.1, -0.05) is 18.2 Å². The number of hydrogen-bond donors (Lipinski definition) is 1. The Labute approximate surface area is 156 Å². The first-order valence-corrected chi connectivity index (χ1v) is 9.68. The third kappa shape index (κ3) is 3.00. The lowest BCUT2D eigenvalue weighted by atomic mass is 9.90. The Morgan fingerprint density at radius 1 is 1.31 bits per heavy atom. The second-order valence-corrected chi connectivity index (χ2v) is 8.13. The van der Waals surface area contributed by atoms with Crippen LogP contribution >= 0.6 is 11.3 Å². The van der Waals surface area contributed by atoms with Gasteiger partial charge in [-0.05, 0) is 29.4 Å². The van der Waals surface area contributed by atoms with Gasteiger partial charge in [-0.25, -0.2) is 0 Å². The van der Waals surface area contributed by atoms with Gasteiger partial charge in [-0.2, -0.15) is 0 Å². The summed E-state index contributed by atoms with van der Waals surface area (Å²) in [6.07, 6.45) is 0.427. The molecule has 0 radical (unpaired) electrons. The summed E-state index contributed by atoms with van der Waals surface area (Å²) in [6.45, 7) is 2.22. The van der Waals surface area contributed by atoms with Crippen LogP contribution in [0.25, 0.3) is 10.1 Å². The zero-order valence-corrected chi connectivity index (χ0v) is 15.8. The fourth-order valence-electron chi connectivity index (χ4n) is 3.90. The number of thiophene rings is 1. The van der Waals surface area contributed by atoms with Crippen molar-refractivity contribution in [2.45, 2.75) is 18.1 Å². The highest BCUT2D eigenvalue weighted by Gasteiger charge is 2.51. The maximum absolute atomic E-state index is 12.7. The summed E-state index contributed by atoms with van der Waals surface area (Å²) in [4.78, 5) is 28.4. The molecular formula is C19H23N3O3S. The third-order valence-corrected chi connectivity index (χ3v) is 6.39. The Balaban J connectivity index is 1.36. The van der Waals surface area contributed by atoms with Crippen molar-refractivity contribution in [1.29, 1.82) is 0 Å². The van der Waals surface area contributed by atoms with Gasteiger partial charge in [-0.3, -0.25) is 14.5 Å². The van der Waals surface area contributed by atoms with Crippen molar-refractivity contribution in [3.63, 3.8) is 0 Å². The molecule has 1 aromatic heterocycles. The van der Waals surface area contributed by atoms with Crippen LogP contribution in [0.4, 0.5) is 0 Å². The number of ether oxygens (including phenoxy) is 1. The van der Waals surface area contributed by atoms with Gasteiger partial charge in [-0.15, -0.1) is 11.3 Å². The third-order valence-electron chi connectivity index (χ3n) is 5.38. The second kappa shape index (κ2) is 6.64. The van der Waals surface area contributed by atoms with Crippen molar-refractivity contribution in [1.82, 2.24) is 15.1 Å². The van der Waals surface area contributed by atoms with Crippen LogP contribution in [-0.2, 0) is 20.7 Å². The van der Waals surface area contributed by atoms with Crippen LogP contribution < -0.4 is 5.32 Å². The van der Waals surface area contributed by atoms with E-state index in [1.165, 1.54) is 10.1 Å². The Kier molecular flexibility index (Phi) is 4.46. The lowest BCUT2D eigenvalue weighted by Gasteiger charge is -2.54. The van der Waals surface area contributed by atoms with Gasteiger partial charge in [0.2, 0.25) is 11.8 Å². The van der Waals surface area contributed by atoms with Gasteiger partial charge in [0.1, 0.15) is 11.6 Å². The smallest absolute Gasteiger partial charge is 0.239 e. The molecule has 26 heavy (non-hydrogen) atoms. The monoisotopic (exact) mass is 373 g/mol. The molecule has 1 N–H and O–H groups in total. The molecule has 1 spiro atoms. The Hall–Kier alpha value is -1.96. The minimum absolute atomic E-state index is 0.0288. The number of carbonyl (C=O) groups is 2. The van der Waals surface area contributed by atoms with Crippen molar-refractivity contribution in [2.75, 3.05) is 40.3 Å². The van der Waals surface area contributed by atoms with E-state index >= 15 is 0 Å². The normalized spacial score (nSPS) is 22.4. The summed E-state index contributed by atoms with van der Waals surface area (Å²) in [5.74, 6) is 0.109. The topological polar surface area (TPSA) is 61.9 Å². The zero-order valence-electron chi connectivity index (χ0n) is 15.0. The standard InChI is InChI=1S/C19H23N3O3S/c1-20-18(24)15-8-25-19(10-21(15)2)11-22(12-19)17(23)7-13-9-26-16-6-4-3-5-14(13)16/h3-6,9,15H,7-8,10-12H2,1-2H3,(H,20,24)/t15-/m0/s1. The summed E-state index contributed by atoms with van der Waals surface area (Å²) in [7, 11) is 3.57. The van der Waals surface area contributed by atoms with E-state index in [1.807, 2.05) is 29.0 Å². The number of hydrogen-bond acceptors (Lipinski definition) is 5. The first-order valence-electron chi connectivity index (χ1n) is 8.80. The minimum Gasteiger partial charge on any atom is -0.368 e. The zero-order chi connectivity index (χ0) is 18.3. The number of amides is 2. The molecule has 2 aliphatic heterocycles. The summed E-state index contributed by atoms with van der Waals surface area (Å²) >= 11 is 1.68. The molecule has 0 aliphatic carbocycles. The summed E-state index contributed by atoms with van der Waals surface area (Å²) in [5.41, 5.74) is 0.768. The predicted octanol–water partition coefficient (Wildman–Crippen LogP) is 1.10. The highest BCUT2D eigenvalue weighted by Crippen LogP contribution is 2.32. The van der Waals surface area contributed by atoms with E-state index in [-0.39, 0.29) is 23.5 Å². The molecule has 138 valence electrons. The lowest BCUT2D eigenvalue weighted by Crippen LogP contribution is -2.73. The number of rotatable bonds is 3. The van der Waals surface area contributed by atoms with E-state index in [4.69, 9.17) is 4.74 Å². The molecule has 3 heterocycles. The molecule has 2 aromatic rings. The van der Waals surface area contributed by atoms with Gasteiger partial charge < -0.3 is 15.0 Å². The molecule has 2 amide bonds. The van der Waals surface area contributed by atoms with Crippen LogP contribution in [0.1, 0.15) is 5.56 Å². The van der Waals surface area contributed by atoms with Crippen molar-refractivity contribution in [3.8, 4) is 0 Å². The number of likely N-dealkylation sites (tertiary alicyclic amines) is 1. The number of morpholine rings is 1. The molecule has 2 fully saturated rings. The Bertz CT molecular complexity index is 843. The molecular weight excluding hydrogens is 350 g/mol. The molecule has 4 rings (SSSR count). The molecule has 1 aromatic carbocycles. The Morgan fingerprint density at radius 3 is 2.81 bits per heavy atom. The van der Waals surface area contributed by atoms with Crippen LogP contribution in [-0.4, -0.2) is 73.6 Å². The predicted molar refractivity (Wildman–Crippen MR) is 101 cm³/mol. The summed E-state index contributed by atoms with van der Waals surface area (Å²) in [5, 5.41) is 5.92. The van der Waals surface area contributed by atoms with Crippen LogP contribution in [0.3, 0.4) is 0 Å². The number of fused-ring (bicyclic) bond motifs is 1. The van der Waals surface area contributed by atoms with Crippen molar-refractivity contribution in [3.05, 3.63) is 35.2 Å². The van der Waals surface area contributed by atoms with Gasteiger partial charge in [0.05, 0.1) is 26.1 Å². The second-order valence-electron chi connectivity index (χ2n) is 7.22. The number of carbonyl (C=O) groups excluding carboxylic acids is 2. The fourth-order valence-corrected chi connectivity index (χ4v) is 4.86.